The van der Waals surface area contributed by atoms with E-state index in [9.17, 15) is 9.59 Å². The van der Waals surface area contributed by atoms with E-state index in [0.29, 0.717) is 25.4 Å². The standard InChI is InChI=1S/C20H21N3O4/c1-26-17-5-4-13-8-15(3-2-14(13)9-17)18-12-23(6-7-27-18)11-16-10-19(24)22-20(25)21-16/h2-5,8-10,18H,6-7,11-12H2,1H3,(H2,21,22,24,25)/t18-/m1/s1. The van der Waals surface area contributed by atoms with Crippen molar-refractivity contribution in [1.29, 1.82) is 0 Å². The van der Waals surface area contributed by atoms with Gasteiger partial charge in [-0.3, -0.25) is 14.7 Å². The second-order valence-electron chi connectivity index (χ2n) is 6.68. The zero-order valence-corrected chi connectivity index (χ0v) is 15.0. The van der Waals surface area contributed by atoms with Gasteiger partial charge in [-0.25, -0.2) is 4.79 Å². The van der Waals surface area contributed by atoms with Gasteiger partial charge in [-0.05, 0) is 34.5 Å². The fourth-order valence-corrected chi connectivity index (χ4v) is 3.46. The number of ether oxygens (including phenoxy) is 2. The molecule has 0 radical (unpaired) electrons. The lowest BCUT2D eigenvalue weighted by molar-refractivity contribution is -0.0332. The van der Waals surface area contributed by atoms with Crippen LogP contribution in [-0.4, -0.2) is 41.7 Å². The first-order valence-electron chi connectivity index (χ1n) is 8.85. The molecule has 7 nitrogen and oxygen atoms in total. The highest BCUT2D eigenvalue weighted by molar-refractivity contribution is 5.84. The molecule has 140 valence electrons. The molecule has 2 heterocycles. The molecule has 0 unspecified atom stereocenters. The number of nitrogens with zero attached hydrogens (tertiary/aromatic N) is 1. The van der Waals surface area contributed by atoms with Crippen LogP contribution in [0.1, 0.15) is 17.4 Å². The molecular formula is C20H21N3O4. The topological polar surface area (TPSA) is 87.4 Å². The van der Waals surface area contributed by atoms with Crippen molar-refractivity contribution < 1.29 is 9.47 Å². The lowest BCUT2D eigenvalue weighted by Gasteiger charge is -2.33. The van der Waals surface area contributed by atoms with Crippen molar-refractivity contribution >= 4 is 10.8 Å². The van der Waals surface area contributed by atoms with Crippen molar-refractivity contribution in [3.05, 3.63) is 74.6 Å². The van der Waals surface area contributed by atoms with E-state index in [1.165, 1.54) is 6.07 Å². The average Bonchev–Trinajstić information content (AvgIpc) is 2.66. The van der Waals surface area contributed by atoms with Gasteiger partial charge in [0.15, 0.2) is 0 Å². The summed E-state index contributed by atoms with van der Waals surface area (Å²) in [6.07, 6.45) is -0.0565. The van der Waals surface area contributed by atoms with Crippen LogP contribution in [0.2, 0.25) is 0 Å². The van der Waals surface area contributed by atoms with Gasteiger partial charge in [0.25, 0.3) is 5.56 Å². The van der Waals surface area contributed by atoms with Gasteiger partial charge in [-0.15, -0.1) is 0 Å². The minimum Gasteiger partial charge on any atom is -0.497 e. The van der Waals surface area contributed by atoms with Crippen molar-refractivity contribution in [3.63, 3.8) is 0 Å². The average molecular weight is 367 g/mol. The number of rotatable bonds is 4. The zero-order chi connectivity index (χ0) is 18.8. The maximum absolute atomic E-state index is 11.5. The first-order valence-corrected chi connectivity index (χ1v) is 8.85. The fourth-order valence-electron chi connectivity index (χ4n) is 3.46. The van der Waals surface area contributed by atoms with E-state index in [-0.39, 0.29) is 11.7 Å². The SMILES string of the molecule is COc1ccc2cc([C@H]3CN(Cc4cc(=O)[nH]c(=O)[nH]4)CCO3)ccc2c1. The Labute approximate surface area is 155 Å². The van der Waals surface area contributed by atoms with Crippen molar-refractivity contribution in [2.75, 3.05) is 26.8 Å². The Bertz CT molecular complexity index is 1040. The second-order valence-corrected chi connectivity index (χ2v) is 6.68. The maximum Gasteiger partial charge on any atom is 0.325 e. The molecule has 0 aliphatic carbocycles. The molecule has 27 heavy (non-hydrogen) atoms. The molecule has 1 fully saturated rings. The summed E-state index contributed by atoms with van der Waals surface area (Å²) in [6.45, 7) is 2.54. The van der Waals surface area contributed by atoms with E-state index in [1.807, 2.05) is 18.2 Å². The molecule has 0 saturated carbocycles. The fraction of sp³-hybridized carbons (Fsp3) is 0.300. The number of aromatic nitrogens is 2. The molecule has 7 heteroatoms. The normalized spacial score (nSPS) is 17.9. The number of H-pyrrole nitrogens is 2. The van der Waals surface area contributed by atoms with E-state index in [4.69, 9.17) is 9.47 Å². The van der Waals surface area contributed by atoms with E-state index in [0.717, 1.165) is 28.6 Å². The van der Waals surface area contributed by atoms with Gasteiger partial charge in [-0.1, -0.05) is 18.2 Å². The number of aromatic amines is 2. The number of benzene rings is 2. The molecular weight excluding hydrogens is 346 g/mol. The third-order valence-electron chi connectivity index (χ3n) is 4.80. The van der Waals surface area contributed by atoms with Gasteiger partial charge in [0.1, 0.15) is 5.75 Å². The summed E-state index contributed by atoms with van der Waals surface area (Å²) in [4.78, 5) is 30.0. The summed E-state index contributed by atoms with van der Waals surface area (Å²) in [6, 6.07) is 13.7. The van der Waals surface area contributed by atoms with Gasteiger partial charge >= 0.3 is 5.69 Å². The van der Waals surface area contributed by atoms with E-state index >= 15 is 0 Å². The quantitative estimate of drug-likeness (QED) is 0.734. The van der Waals surface area contributed by atoms with Gasteiger partial charge in [0.05, 0.1) is 19.8 Å². The molecule has 1 aliphatic rings. The first-order chi connectivity index (χ1) is 13.1. The molecule has 1 aliphatic heterocycles. The van der Waals surface area contributed by atoms with Crippen LogP contribution in [0.4, 0.5) is 0 Å². The lowest BCUT2D eigenvalue weighted by atomic mass is 10.0. The Morgan fingerprint density at radius 1 is 1.11 bits per heavy atom. The van der Waals surface area contributed by atoms with Crippen LogP contribution in [0.5, 0.6) is 5.75 Å². The van der Waals surface area contributed by atoms with Crippen molar-refractivity contribution in [1.82, 2.24) is 14.9 Å². The van der Waals surface area contributed by atoms with Crippen LogP contribution in [-0.2, 0) is 11.3 Å². The van der Waals surface area contributed by atoms with Crippen LogP contribution < -0.4 is 16.0 Å². The molecule has 1 atom stereocenters. The third kappa shape index (κ3) is 3.94. The Morgan fingerprint density at radius 2 is 1.93 bits per heavy atom. The lowest BCUT2D eigenvalue weighted by Crippen LogP contribution is -2.38. The third-order valence-corrected chi connectivity index (χ3v) is 4.80. The maximum atomic E-state index is 11.5. The Hall–Kier alpha value is -2.90. The number of nitrogens with one attached hydrogen (secondary N) is 2. The van der Waals surface area contributed by atoms with Crippen LogP contribution in [0.25, 0.3) is 10.8 Å². The molecule has 2 aromatic carbocycles. The molecule has 4 rings (SSSR count). The molecule has 1 aromatic heterocycles. The first kappa shape index (κ1) is 17.5. The van der Waals surface area contributed by atoms with Crippen LogP contribution >= 0.6 is 0 Å². The van der Waals surface area contributed by atoms with Gasteiger partial charge in [0.2, 0.25) is 0 Å². The van der Waals surface area contributed by atoms with Crippen LogP contribution in [0, 0.1) is 0 Å². The van der Waals surface area contributed by atoms with Gasteiger partial charge in [-0.2, -0.15) is 0 Å². The van der Waals surface area contributed by atoms with Gasteiger partial charge in [0, 0.05) is 31.4 Å². The monoisotopic (exact) mass is 367 g/mol. The Kier molecular flexibility index (Phi) is 4.79. The van der Waals surface area contributed by atoms with Crippen molar-refractivity contribution in [3.8, 4) is 5.75 Å². The van der Waals surface area contributed by atoms with Gasteiger partial charge < -0.3 is 14.5 Å². The second kappa shape index (κ2) is 7.38. The molecule has 2 N–H and O–H groups in total. The minimum atomic E-state index is -0.479. The Balaban J connectivity index is 1.53. The molecule has 0 bridgehead atoms. The summed E-state index contributed by atoms with van der Waals surface area (Å²) in [5, 5.41) is 2.25. The number of hydrogen-bond donors (Lipinski definition) is 2. The summed E-state index contributed by atoms with van der Waals surface area (Å²) >= 11 is 0. The summed E-state index contributed by atoms with van der Waals surface area (Å²) < 4.78 is 11.2. The Morgan fingerprint density at radius 3 is 2.74 bits per heavy atom. The minimum absolute atomic E-state index is 0.0565. The number of methoxy groups -OCH3 is 1. The molecule has 1 saturated heterocycles. The van der Waals surface area contributed by atoms with Crippen LogP contribution in [0.3, 0.4) is 0 Å². The molecule has 0 spiro atoms. The predicted molar refractivity (Wildman–Crippen MR) is 102 cm³/mol. The molecule has 3 aromatic rings. The highest BCUT2D eigenvalue weighted by Gasteiger charge is 2.22. The number of hydrogen-bond acceptors (Lipinski definition) is 5. The largest absolute Gasteiger partial charge is 0.497 e. The molecule has 0 amide bonds. The van der Waals surface area contributed by atoms with Crippen molar-refractivity contribution in [2.24, 2.45) is 0 Å². The zero-order valence-electron chi connectivity index (χ0n) is 15.0. The highest BCUT2D eigenvalue weighted by atomic mass is 16.5. The highest BCUT2D eigenvalue weighted by Crippen LogP contribution is 2.28. The smallest absolute Gasteiger partial charge is 0.325 e. The number of morpholine rings is 1. The van der Waals surface area contributed by atoms with Crippen molar-refractivity contribution in [2.45, 2.75) is 12.6 Å². The summed E-state index contributed by atoms with van der Waals surface area (Å²) in [5.41, 5.74) is 0.850. The number of fused-ring (bicyclic) bond motifs is 1. The predicted octanol–water partition coefficient (Wildman–Crippen LogP) is 1.80. The van der Waals surface area contributed by atoms with E-state index in [1.54, 1.807) is 7.11 Å². The van der Waals surface area contributed by atoms with Crippen LogP contribution in [0.15, 0.2) is 52.1 Å². The van der Waals surface area contributed by atoms with E-state index < -0.39 is 5.69 Å². The summed E-state index contributed by atoms with van der Waals surface area (Å²) in [7, 11) is 1.66. The summed E-state index contributed by atoms with van der Waals surface area (Å²) in [5.74, 6) is 0.835. The van der Waals surface area contributed by atoms with E-state index in [2.05, 4.69) is 33.1 Å².